The van der Waals surface area contributed by atoms with Gasteiger partial charge in [0, 0.05) is 23.6 Å². The minimum absolute atomic E-state index is 0.675. The highest BCUT2D eigenvalue weighted by molar-refractivity contribution is 8.02. The molecule has 0 saturated carbocycles. The number of hydrogen-bond acceptors (Lipinski definition) is 6. The lowest BCUT2D eigenvalue weighted by atomic mass is 9.78. The van der Waals surface area contributed by atoms with E-state index >= 15 is 0 Å². The SMILES string of the molecule is N#Cc1ccc(CSN2NSC=C2C2CN3CCC2CC3)cc1. The van der Waals surface area contributed by atoms with Crippen molar-refractivity contribution in [2.45, 2.75) is 18.6 Å². The smallest absolute Gasteiger partial charge is 0.0991 e. The van der Waals surface area contributed by atoms with Crippen LogP contribution in [0.1, 0.15) is 24.0 Å². The molecule has 1 unspecified atom stereocenters. The third-order valence-corrected chi connectivity index (χ3v) is 6.81. The van der Waals surface area contributed by atoms with E-state index in [9.17, 15) is 0 Å². The monoisotopic (exact) mass is 344 g/mol. The van der Waals surface area contributed by atoms with E-state index in [1.807, 2.05) is 36.2 Å². The predicted octanol–water partition coefficient (Wildman–Crippen LogP) is 3.36. The first-order valence-electron chi connectivity index (χ1n) is 8.09. The molecule has 3 fully saturated rings. The molecule has 0 aliphatic carbocycles. The first kappa shape index (κ1) is 15.4. The molecular weight excluding hydrogens is 324 g/mol. The number of rotatable bonds is 4. The second-order valence-electron chi connectivity index (χ2n) is 6.37. The highest BCUT2D eigenvalue weighted by Crippen LogP contribution is 2.42. The Morgan fingerprint density at radius 1 is 1.26 bits per heavy atom. The molecule has 6 heteroatoms. The summed E-state index contributed by atoms with van der Waals surface area (Å²) in [5.41, 5.74) is 3.42. The maximum atomic E-state index is 8.87. The molecule has 23 heavy (non-hydrogen) atoms. The third-order valence-electron chi connectivity index (χ3n) is 5.03. The van der Waals surface area contributed by atoms with E-state index in [1.165, 1.54) is 43.7 Å². The number of hydrogen-bond donors (Lipinski definition) is 1. The third kappa shape index (κ3) is 3.24. The van der Waals surface area contributed by atoms with Crippen molar-refractivity contribution in [2.24, 2.45) is 11.8 Å². The molecule has 4 heterocycles. The maximum Gasteiger partial charge on any atom is 0.0991 e. The Bertz CT molecular complexity index is 629. The first-order chi connectivity index (χ1) is 11.3. The van der Waals surface area contributed by atoms with Crippen LogP contribution in [0.3, 0.4) is 0 Å². The Morgan fingerprint density at radius 2 is 2.04 bits per heavy atom. The first-order valence-corrected chi connectivity index (χ1v) is 9.91. The van der Waals surface area contributed by atoms with Gasteiger partial charge < -0.3 is 4.90 Å². The molecule has 0 amide bonds. The van der Waals surface area contributed by atoms with Crippen LogP contribution in [-0.2, 0) is 5.75 Å². The summed E-state index contributed by atoms with van der Waals surface area (Å²) >= 11 is 3.50. The Kier molecular flexibility index (Phi) is 4.54. The molecule has 4 nitrogen and oxygen atoms in total. The average Bonchev–Trinajstić information content (AvgIpc) is 3.10. The summed E-state index contributed by atoms with van der Waals surface area (Å²) in [6.07, 6.45) is 2.70. The molecule has 2 bridgehead atoms. The van der Waals surface area contributed by atoms with Crippen LogP contribution < -0.4 is 4.83 Å². The van der Waals surface area contributed by atoms with Gasteiger partial charge >= 0.3 is 0 Å². The topological polar surface area (TPSA) is 42.3 Å². The molecular formula is C17H20N4S2. The van der Waals surface area contributed by atoms with Crippen molar-refractivity contribution in [3.05, 3.63) is 46.5 Å². The standard InChI is InChI=1S/C17H20N4S2/c18-9-13-1-3-14(4-2-13)11-23-21-17(12-22-19-21)16-10-20-7-5-15(16)6-8-20/h1-4,12,15-16,19H,5-8,10-11H2. The van der Waals surface area contributed by atoms with Crippen LogP contribution in [0, 0.1) is 23.2 Å². The van der Waals surface area contributed by atoms with Crippen molar-refractivity contribution < 1.29 is 0 Å². The fraction of sp³-hybridized carbons (Fsp3) is 0.471. The van der Waals surface area contributed by atoms with Crippen LogP contribution in [0.15, 0.2) is 35.4 Å². The minimum atomic E-state index is 0.675. The van der Waals surface area contributed by atoms with Gasteiger partial charge in [0.15, 0.2) is 0 Å². The van der Waals surface area contributed by atoms with Gasteiger partial charge in [-0.15, -0.1) is 0 Å². The van der Waals surface area contributed by atoms with E-state index in [4.69, 9.17) is 5.26 Å². The van der Waals surface area contributed by atoms with Gasteiger partial charge in [-0.25, -0.2) is 4.41 Å². The summed E-state index contributed by atoms with van der Waals surface area (Å²) in [7, 11) is 0. The summed E-state index contributed by atoms with van der Waals surface area (Å²) in [5.74, 6) is 2.44. The maximum absolute atomic E-state index is 8.87. The Labute approximate surface area is 146 Å². The highest BCUT2D eigenvalue weighted by Gasteiger charge is 2.39. The Balaban J connectivity index is 1.39. The normalized spacial score (nSPS) is 29.4. The molecule has 4 aliphatic rings. The molecule has 0 aromatic heterocycles. The van der Waals surface area contributed by atoms with Gasteiger partial charge in [-0.3, -0.25) is 0 Å². The molecule has 1 N–H and O–H groups in total. The highest BCUT2D eigenvalue weighted by atomic mass is 32.2. The molecule has 4 aliphatic heterocycles. The van der Waals surface area contributed by atoms with Gasteiger partial charge in [0.25, 0.3) is 0 Å². The molecule has 120 valence electrons. The quantitative estimate of drug-likeness (QED) is 0.845. The molecule has 3 saturated heterocycles. The van der Waals surface area contributed by atoms with Crippen LogP contribution in [0.5, 0.6) is 0 Å². The number of nitrogens with zero attached hydrogens (tertiary/aromatic N) is 3. The van der Waals surface area contributed by atoms with E-state index in [-0.39, 0.29) is 0 Å². The van der Waals surface area contributed by atoms with Crippen LogP contribution in [-0.4, -0.2) is 28.9 Å². The summed E-state index contributed by atoms with van der Waals surface area (Å²) in [6, 6.07) is 10.1. The second kappa shape index (κ2) is 6.78. The van der Waals surface area contributed by atoms with Gasteiger partial charge in [-0.2, -0.15) is 10.1 Å². The molecule has 1 atom stereocenters. The Hall–Kier alpha value is -1.13. The number of benzene rings is 1. The van der Waals surface area contributed by atoms with E-state index in [1.54, 1.807) is 11.9 Å². The van der Waals surface area contributed by atoms with Crippen LogP contribution in [0.4, 0.5) is 0 Å². The van der Waals surface area contributed by atoms with Gasteiger partial charge in [-0.05, 0) is 73.4 Å². The molecule has 1 aromatic carbocycles. The van der Waals surface area contributed by atoms with Crippen molar-refractivity contribution in [3.63, 3.8) is 0 Å². The summed E-state index contributed by atoms with van der Waals surface area (Å²) in [6.45, 7) is 3.79. The lowest BCUT2D eigenvalue weighted by Gasteiger charge is -2.46. The summed E-state index contributed by atoms with van der Waals surface area (Å²) < 4.78 is 2.26. The van der Waals surface area contributed by atoms with Crippen LogP contribution >= 0.6 is 23.9 Å². The molecule has 0 spiro atoms. The van der Waals surface area contributed by atoms with Crippen molar-refractivity contribution >= 4 is 23.9 Å². The van der Waals surface area contributed by atoms with Gasteiger partial charge in [0.05, 0.1) is 17.3 Å². The number of nitrogens with one attached hydrogen (secondary N) is 1. The van der Waals surface area contributed by atoms with E-state index in [0.717, 1.165) is 17.2 Å². The average molecular weight is 345 g/mol. The second-order valence-corrected chi connectivity index (χ2v) is 7.94. The zero-order valence-corrected chi connectivity index (χ0v) is 14.6. The molecule has 1 aromatic rings. The summed E-state index contributed by atoms with van der Waals surface area (Å²) in [5, 5.41) is 11.2. The zero-order valence-electron chi connectivity index (χ0n) is 12.9. The number of nitriles is 1. The van der Waals surface area contributed by atoms with Crippen LogP contribution in [0.2, 0.25) is 0 Å². The fourth-order valence-electron chi connectivity index (χ4n) is 3.69. The number of fused-ring (bicyclic) bond motifs is 3. The van der Waals surface area contributed by atoms with Crippen molar-refractivity contribution in [1.82, 2.24) is 14.1 Å². The predicted molar refractivity (Wildman–Crippen MR) is 95.8 cm³/mol. The van der Waals surface area contributed by atoms with E-state index in [2.05, 4.69) is 25.6 Å². The van der Waals surface area contributed by atoms with E-state index < -0.39 is 0 Å². The van der Waals surface area contributed by atoms with E-state index in [0.29, 0.717) is 5.92 Å². The zero-order chi connectivity index (χ0) is 15.6. The van der Waals surface area contributed by atoms with Gasteiger partial charge in [0.1, 0.15) is 0 Å². The largest absolute Gasteiger partial charge is 0.303 e. The van der Waals surface area contributed by atoms with Crippen molar-refractivity contribution in [3.8, 4) is 6.07 Å². The Morgan fingerprint density at radius 3 is 2.70 bits per heavy atom. The fourth-order valence-corrected chi connectivity index (χ4v) is 5.56. The van der Waals surface area contributed by atoms with Crippen molar-refractivity contribution in [2.75, 3.05) is 19.6 Å². The van der Waals surface area contributed by atoms with Crippen LogP contribution in [0.25, 0.3) is 0 Å². The summed E-state index contributed by atoms with van der Waals surface area (Å²) in [4.78, 5) is 6.01. The lowest BCUT2D eigenvalue weighted by molar-refractivity contribution is 0.0604. The number of hydrazine groups is 1. The minimum Gasteiger partial charge on any atom is -0.303 e. The molecule has 0 radical (unpaired) electrons. The lowest BCUT2D eigenvalue weighted by Crippen LogP contribution is -2.49. The van der Waals surface area contributed by atoms with Crippen molar-refractivity contribution in [1.29, 1.82) is 5.26 Å². The van der Waals surface area contributed by atoms with Gasteiger partial charge in [-0.1, -0.05) is 12.1 Å². The number of piperidine rings is 3. The van der Waals surface area contributed by atoms with Gasteiger partial charge in [0.2, 0.25) is 0 Å². The molecule has 5 rings (SSSR count).